The third kappa shape index (κ3) is 3.35. The molecule has 0 saturated heterocycles. The molecule has 2 rings (SSSR count). The summed E-state index contributed by atoms with van der Waals surface area (Å²) in [6.45, 7) is 7.03. The third-order valence-corrected chi connectivity index (χ3v) is 2.20. The highest BCUT2D eigenvalue weighted by atomic mass is 14.7. The Bertz CT molecular complexity index is 344. The fourth-order valence-corrected chi connectivity index (χ4v) is 1.42. The molecule has 0 fully saturated rings. The van der Waals surface area contributed by atoms with Crippen LogP contribution in [-0.2, 0) is 0 Å². The number of hydrogen-bond donors (Lipinski definition) is 0. The topological polar surface area (TPSA) is 12.4 Å². The molecular weight excluding hydrogens is 182 g/mol. The summed E-state index contributed by atoms with van der Waals surface area (Å²) < 4.78 is 0. The lowest BCUT2D eigenvalue weighted by Crippen LogP contribution is -2.01. The zero-order valence-corrected chi connectivity index (χ0v) is 9.83. The molecule has 1 nitrogen and oxygen atoms in total. The van der Waals surface area contributed by atoms with Crippen LogP contribution < -0.4 is 0 Å². The highest BCUT2D eigenvalue weighted by Gasteiger charge is 2.01. The van der Waals surface area contributed by atoms with E-state index in [9.17, 15) is 0 Å². The molecule has 0 bridgehead atoms. The van der Waals surface area contributed by atoms with Gasteiger partial charge >= 0.3 is 0 Å². The average molecular weight is 201 g/mol. The van der Waals surface area contributed by atoms with Crippen LogP contribution in [0.2, 0.25) is 0 Å². The maximum atomic E-state index is 4.46. The monoisotopic (exact) mass is 201 g/mol. The van der Waals surface area contributed by atoms with Crippen LogP contribution in [0.3, 0.4) is 0 Å². The Morgan fingerprint density at radius 1 is 1.07 bits per heavy atom. The minimum atomic E-state index is 0.930. The lowest BCUT2D eigenvalue weighted by molar-refractivity contribution is 0.994. The predicted molar refractivity (Wildman–Crippen MR) is 67.7 cm³/mol. The molecule has 1 aromatic rings. The summed E-state index contributed by atoms with van der Waals surface area (Å²) in [5, 5.41) is 0. The predicted octanol–water partition coefficient (Wildman–Crippen LogP) is 3.77. The Labute approximate surface area is 92.6 Å². The van der Waals surface area contributed by atoms with Gasteiger partial charge in [0.15, 0.2) is 0 Å². The van der Waals surface area contributed by atoms with Crippen molar-refractivity contribution < 1.29 is 0 Å². The van der Waals surface area contributed by atoms with Gasteiger partial charge in [-0.25, -0.2) is 0 Å². The summed E-state index contributed by atoms with van der Waals surface area (Å²) in [7, 11) is 0. The Morgan fingerprint density at radius 3 is 2.27 bits per heavy atom. The number of hydrogen-bond acceptors (Lipinski definition) is 1. The summed E-state index contributed by atoms with van der Waals surface area (Å²) in [5.41, 5.74) is 3.64. The van der Waals surface area contributed by atoms with Crippen molar-refractivity contribution in [1.82, 2.24) is 0 Å². The van der Waals surface area contributed by atoms with E-state index in [1.54, 1.807) is 0 Å². The summed E-state index contributed by atoms with van der Waals surface area (Å²) in [6, 6.07) is 8.51. The maximum Gasteiger partial charge on any atom is 0.0643 e. The number of rotatable bonds is 1. The quantitative estimate of drug-likeness (QED) is 0.656. The molecule has 0 N–H and O–H groups in total. The van der Waals surface area contributed by atoms with E-state index >= 15 is 0 Å². The fourth-order valence-electron chi connectivity index (χ4n) is 1.42. The van der Waals surface area contributed by atoms with Crippen LogP contribution >= 0.6 is 0 Å². The van der Waals surface area contributed by atoms with Crippen molar-refractivity contribution in [3.05, 3.63) is 47.5 Å². The molecular formula is C14H19N. The van der Waals surface area contributed by atoms with Crippen LogP contribution in [-0.4, -0.2) is 12.3 Å². The minimum Gasteiger partial charge on any atom is -0.284 e. The van der Waals surface area contributed by atoms with Crippen LogP contribution in [0, 0.1) is 6.92 Å². The minimum absolute atomic E-state index is 0.930. The van der Waals surface area contributed by atoms with Gasteiger partial charge in [0.1, 0.15) is 0 Å². The van der Waals surface area contributed by atoms with Crippen molar-refractivity contribution in [2.45, 2.75) is 27.2 Å². The van der Waals surface area contributed by atoms with Crippen molar-refractivity contribution in [2.75, 3.05) is 6.54 Å². The second kappa shape index (κ2) is 6.18. The van der Waals surface area contributed by atoms with Gasteiger partial charge in [-0.1, -0.05) is 49.8 Å². The molecule has 1 heteroatoms. The van der Waals surface area contributed by atoms with Crippen molar-refractivity contribution in [3.8, 4) is 0 Å². The van der Waals surface area contributed by atoms with E-state index in [2.05, 4.69) is 48.3 Å². The first-order valence-electron chi connectivity index (χ1n) is 5.64. The van der Waals surface area contributed by atoms with Gasteiger partial charge in [0.05, 0.1) is 5.71 Å². The normalized spacial score (nSPS) is 13.9. The van der Waals surface area contributed by atoms with Crippen LogP contribution in [0.4, 0.5) is 0 Å². The molecule has 1 aliphatic rings. The molecule has 80 valence electrons. The molecule has 1 aliphatic heterocycles. The molecule has 0 aliphatic carbocycles. The summed E-state index contributed by atoms with van der Waals surface area (Å²) in [4.78, 5) is 4.46. The average Bonchev–Trinajstić information content (AvgIpc) is 2.34. The molecule has 0 atom stereocenters. The molecule has 1 heterocycles. The number of dihydropyridines is 1. The zero-order chi connectivity index (χ0) is 11.1. The summed E-state index contributed by atoms with van der Waals surface area (Å²) in [6.07, 6.45) is 5.37. The van der Waals surface area contributed by atoms with E-state index in [4.69, 9.17) is 0 Å². The van der Waals surface area contributed by atoms with Crippen LogP contribution in [0.5, 0.6) is 0 Å². The van der Waals surface area contributed by atoms with Gasteiger partial charge in [0.25, 0.3) is 0 Å². The van der Waals surface area contributed by atoms with Crippen molar-refractivity contribution in [2.24, 2.45) is 4.99 Å². The zero-order valence-electron chi connectivity index (χ0n) is 9.83. The summed E-state index contributed by atoms with van der Waals surface area (Å²) >= 11 is 0. The van der Waals surface area contributed by atoms with E-state index in [1.807, 2.05) is 13.8 Å². The third-order valence-electron chi connectivity index (χ3n) is 2.20. The Balaban J connectivity index is 0.000000531. The highest BCUT2D eigenvalue weighted by Crippen LogP contribution is 2.08. The van der Waals surface area contributed by atoms with E-state index in [-0.39, 0.29) is 0 Å². The van der Waals surface area contributed by atoms with Gasteiger partial charge in [-0.2, -0.15) is 0 Å². The molecule has 1 aromatic carbocycles. The number of nitrogens with zero attached hydrogens (tertiary/aromatic N) is 1. The van der Waals surface area contributed by atoms with Crippen molar-refractivity contribution in [1.29, 1.82) is 0 Å². The summed E-state index contributed by atoms with van der Waals surface area (Å²) in [5.74, 6) is 0. The molecule has 15 heavy (non-hydrogen) atoms. The number of aryl methyl sites for hydroxylation is 1. The molecule has 0 radical (unpaired) electrons. The first kappa shape index (κ1) is 11.7. The Kier molecular flexibility index (Phi) is 4.82. The number of benzene rings is 1. The lowest BCUT2D eigenvalue weighted by atomic mass is 10.1. The van der Waals surface area contributed by atoms with Gasteiger partial charge in [-0.05, 0) is 25.0 Å². The van der Waals surface area contributed by atoms with Crippen LogP contribution in [0.25, 0.3) is 0 Å². The largest absolute Gasteiger partial charge is 0.284 e. The molecule has 0 saturated carbocycles. The van der Waals surface area contributed by atoms with E-state index in [0.29, 0.717) is 0 Å². The van der Waals surface area contributed by atoms with Gasteiger partial charge in [-0.15, -0.1) is 0 Å². The van der Waals surface area contributed by atoms with E-state index < -0.39 is 0 Å². The lowest BCUT2D eigenvalue weighted by Gasteiger charge is -2.05. The second-order valence-electron chi connectivity index (χ2n) is 3.32. The molecule has 0 unspecified atom stereocenters. The first-order valence-corrected chi connectivity index (χ1v) is 5.64. The SMILES string of the molecule is CC.Cc1ccc(C2=NCCC=C2)cc1. The van der Waals surface area contributed by atoms with Crippen molar-refractivity contribution in [3.63, 3.8) is 0 Å². The number of aliphatic imine (C=N–C) groups is 1. The maximum absolute atomic E-state index is 4.46. The molecule has 0 spiro atoms. The van der Waals surface area contributed by atoms with Crippen molar-refractivity contribution >= 4 is 5.71 Å². The standard InChI is InChI=1S/C12H13N.C2H6/c1-10-5-7-11(8-6-10)12-4-2-3-9-13-12;1-2/h2,4-8H,3,9H2,1H3;1-2H3. The van der Waals surface area contributed by atoms with Crippen LogP contribution in [0.1, 0.15) is 31.4 Å². The van der Waals surface area contributed by atoms with Crippen LogP contribution in [0.15, 0.2) is 41.4 Å². The first-order chi connectivity index (χ1) is 7.36. The van der Waals surface area contributed by atoms with Gasteiger partial charge in [-0.3, -0.25) is 4.99 Å². The second-order valence-corrected chi connectivity index (χ2v) is 3.32. The molecule has 0 aromatic heterocycles. The fraction of sp³-hybridized carbons (Fsp3) is 0.357. The van der Waals surface area contributed by atoms with E-state index in [0.717, 1.165) is 18.7 Å². The number of allylic oxidation sites excluding steroid dienone is 1. The van der Waals surface area contributed by atoms with Gasteiger partial charge < -0.3 is 0 Å². The molecule has 0 amide bonds. The Morgan fingerprint density at radius 2 is 1.73 bits per heavy atom. The van der Waals surface area contributed by atoms with Gasteiger partial charge in [0.2, 0.25) is 0 Å². The highest BCUT2D eigenvalue weighted by molar-refractivity contribution is 6.09. The van der Waals surface area contributed by atoms with Gasteiger partial charge in [0, 0.05) is 6.54 Å². The smallest absolute Gasteiger partial charge is 0.0643 e. The van der Waals surface area contributed by atoms with E-state index in [1.165, 1.54) is 11.1 Å². The Hall–Kier alpha value is -1.37.